The number of aromatic nitrogens is 1. The molecule has 1 aromatic carbocycles. The molecule has 1 amide bonds. The van der Waals surface area contributed by atoms with Crippen molar-refractivity contribution < 1.29 is 4.79 Å². The van der Waals surface area contributed by atoms with Gasteiger partial charge in [0.25, 0.3) is 5.91 Å². The zero-order chi connectivity index (χ0) is 18.0. The molecule has 0 radical (unpaired) electrons. The van der Waals surface area contributed by atoms with E-state index in [1.807, 2.05) is 17.0 Å². The zero-order valence-electron chi connectivity index (χ0n) is 15.2. The van der Waals surface area contributed by atoms with E-state index < -0.39 is 0 Å². The van der Waals surface area contributed by atoms with Crippen LogP contribution in [0.1, 0.15) is 41.8 Å². The number of amides is 1. The summed E-state index contributed by atoms with van der Waals surface area (Å²) in [7, 11) is 0. The molecule has 0 bridgehead atoms. The van der Waals surface area contributed by atoms with Crippen LogP contribution < -0.4 is 5.73 Å². The highest BCUT2D eigenvalue weighted by molar-refractivity contribution is 7.09. The lowest BCUT2D eigenvalue weighted by Crippen LogP contribution is -2.48. The molecule has 6 heteroatoms. The maximum atomic E-state index is 12.6. The van der Waals surface area contributed by atoms with Crippen LogP contribution in [0.5, 0.6) is 0 Å². The third-order valence-corrected chi connectivity index (χ3v) is 5.75. The van der Waals surface area contributed by atoms with E-state index in [0.717, 1.165) is 38.4 Å². The molecular weight excluding hydrogens is 332 g/mol. The van der Waals surface area contributed by atoms with Gasteiger partial charge in [-0.2, -0.15) is 0 Å². The molecule has 0 aliphatic carbocycles. The van der Waals surface area contributed by atoms with Crippen molar-refractivity contribution in [2.45, 2.75) is 32.7 Å². The second kappa shape index (κ2) is 7.14. The normalized spacial score (nSPS) is 16.2. The van der Waals surface area contributed by atoms with E-state index in [4.69, 9.17) is 10.7 Å². The Kier molecular flexibility index (Phi) is 5.11. The van der Waals surface area contributed by atoms with Crippen LogP contribution in [0.3, 0.4) is 0 Å². The molecule has 25 heavy (non-hydrogen) atoms. The average Bonchev–Trinajstić information content (AvgIpc) is 3.04. The van der Waals surface area contributed by atoms with Crippen molar-refractivity contribution in [3.63, 3.8) is 0 Å². The maximum absolute atomic E-state index is 12.6. The fourth-order valence-corrected chi connectivity index (χ4v) is 3.82. The summed E-state index contributed by atoms with van der Waals surface area (Å²) in [5.41, 5.74) is 8.31. The van der Waals surface area contributed by atoms with Crippen molar-refractivity contribution >= 4 is 22.9 Å². The third-order valence-electron chi connectivity index (χ3n) is 4.43. The smallest absolute Gasteiger partial charge is 0.256 e. The number of rotatable bonds is 3. The van der Waals surface area contributed by atoms with Gasteiger partial charge in [-0.15, -0.1) is 11.3 Å². The van der Waals surface area contributed by atoms with Crippen LogP contribution in [0.4, 0.5) is 5.69 Å². The minimum Gasteiger partial charge on any atom is -0.398 e. The van der Waals surface area contributed by atoms with Gasteiger partial charge < -0.3 is 10.6 Å². The molecule has 0 atom stereocenters. The highest BCUT2D eigenvalue weighted by Gasteiger charge is 2.24. The van der Waals surface area contributed by atoms with Gasteiger partial charge in [-0.05, 0) is 12.1 Å². The standard InChI is InChI=1S/C19H26N4OS/c1-19(2,3)18-21-14(13-25-18)12-22-8-10-23(11-9-22)17(24)15-6-4-5-7-16(15)20/h4-7,13H,8-12,20H2,1-3H3. The number of para-hydroxylation sites is 1. The van der Waals surface area contributed by atoms with E-state index in [2.05, 4.69) is 31.1 Å². The number of nitrogen functional groups attached to an aromatic ring is 1. The predicted molar refractivity (Wildman–Crippen MR) is 103 cm³/mol. The Labute approximate surface area is 153 Å². The number of piperazine rings is 1. The summed E-state index contributed by atoms with van der Waals surface area (Å²) >= 11 is 1.73. The van der Waals surface area contributed by atoms with Crippen LogP contribution in [0, 0.1) is 0 Å². The van der Waals surface area contributed by atoms with Crippen LogP contribution in [0.25, 0.3) is 0 Å². The molecule has 1 aromatic heterocycles. The van der Waals surface area contributed by atoms with Gasteiger partial charge in [-0.3, -0.25) is 9.69 Å². The Morgan fingerprint density at radius 3 is 2.48 bits per heavy atom. The topological polar surface area (TPSA) is 62.5 Å². The second-order valence-electron chi connectivity index (χ2n) is 7.55. The summed E-state index contributed by atoms with van der Waals surface area (Å²) in [5, 5.41) is 3.33. The Morgan fingerprint density at radius 1 is 1.20 bits per heavy atom. The number of carbonyl (C=O) groups is 1. The van der Waals surface area contributed by atoms with Gasteiger partial charge in [-0.1, -0.05) is 32.9 Å². The summed E-state index contributed by atoms with van der Waals surface area (Å²) in [6, 6.07) is 7.28. The van der Waals surface area contributed by atoms with Gasteiger partial charge in [0.15, 0.2) is 0 Å². The van der Waals surface area contributed by atoms with Crippen molar-refractivity contribution in [2.24, 2.45) is 0 Å². The molecule has 2 N–H and O–H groups in total. The van der Waals surface area contributed by atoms with Crippen LogP contribution >= 0.6 is 11.3 Å². The first kappa shape index (κ1) is 17.9. The molecule has 1 aliphatic rings. The van der Waals surface area contributed by atoms with Gasteiger partial charge in [-0.25, -0.2) is 4.98 Å². The molecule has 1 saturated heterocycles. The van der Waals surface area contributed by atoms with Crippen molar-refractivity contribution in [2.75, 3.05) is 31.9 Å². The quantitative estimate of drug-likeness (QED) is 0.857. The fourth-order valence-electron chi connectivity index (χ4n) is 2.92. The summed E-state index contributed by atoms with van der Waals surface area (Å²) in [6.45, 7) is 10.6. The predicted octanol–water partition coefficient (Wildman–Crippen LogP) is 2.98. The molecule has 2 heterocycles. The number of nitrogens with two attached hydrogens (primary N) is 1. The van der Waals surface area contributed by atoms with E-state index in [1.165, 1.54) is 5.01 Å². The van der Waals surface area contributed by atoms with Gasteiger partial charge in [0.1, 0.15) is 0 Å². The molecule has 0 unspecified atom stereocenters. The minimum absolute atomic E-state index is 0.0291. The van der Waals surface area contributed by atoms with Crippen molar-refractivity contribution in [1.29, 1.82) is 0 Å². The summed E-state index contributed by atoms with van der Waals surface area (Å²) in [4.78, 5) is 21.6. The van der Waals surface area contributed by atoms with Crippen LogP contribution in [0.15, 0.2) is 29.6 Å². The Balaban J connectivity index is 1.56. The summed E-state index contributed by atoms with van der Waals surface area (Å²) in [5.74, 6) is 0.0291. The molecule has 134 valence electrons. The number of carbonyl (C=O) groups excluding carboxylic acids is 1. The number of benzene rings is 1. The molecule has 2 aromatic rings. The van der Waals surface area contributed by atoms with Gasteiger partial charge >= 0.3 is 0 Å². The Morgan fingerprint density at radius 2 is 1.88 bits per heavy atom. The van der Waals surface area contributed by atoms with Crippen LogP contribution in [-0.2, 0) is 12.0 Å². The number of thiazole rings is 1. The van der Waals surface area contributed by atoms with Gasteiger partial charge in [0.05, 0.1) is 16.3 Å². The Bertz CT molecular complexity index is 742. The summed E-state index contributed by atoms with van der Waals surface area (Å²) in [6.07, 6.45) is 0. The highest BCUT2D eigenvalue weighted by Crippen LogP contribution is 2.26. The lowest BCUT2D eigenvalue weighted by molar-refractivity contribution is 0.0628. The minimum atomic E-state index is 0.0291. The first-order valence-electron chi connectivity index (χ1n) is 8.65. The molecule has 0 saturated carbocycles. The van der Waals surface area contributed by atoms with Gasteiger partial charge in [0, 0.05) is 49.2 Å². The third kappa shape index (κ3) is 4.19. The summed E-state index contributed by atoms with van der Waals surface area (Å²) < 4.78 is 0. The molecule has 3 rings (SSSR count). The van der Waals surface area contributed by atoms with Crippen LogP contribution in [0.2, 0.25) is 0 Å². The molecule has 1 aliphatic heterocycles. The van der Waals surface area contributed by atoms with Crippen LogP contribution in [-0.4, -0.2) is 46.9 Å². The highest BCUT2D eigenvalue weighted by atomic mass is 32.1. The average molecular weight is 359 g/mol. The number of nitrogens with zero attached hydrogens (tertiary/aromatic N) is 3. The zero-order valence-corrected chi connectivity index (χ0v) is 16.0. The lowest BCUT2D eigenvalue weighted by atomic mass is 9.98. The van der Waals surface area contributed by atoms with E-state index in [1.54, 1.807) is 23.5 Å². The SMILES string of the molecule is CC(C)(C)c1nc(CN2CCN(C(=O)c3ccccc3N)CC2)cs1. The fraction of sp³-hybridized carbons (Fsp3) is 0.474. The van der Waals surface area contributed by atoms with E-state index in [0.29, 0.717) is 11.3 Å². The lowest BCUT2D eigenvalue weighted by Gasteiger charge is -2.34. The van der Waals surface area contributed by atoms with E-state index >= 15 is 0 Å². The first-order chi connectivity index (χ1) is 11.8. The van der Waals surface area contributed by atoms with Gasteiger partial charge in [0.2, 0.25) is 0 Å². The monoisotopic (exact) mass is 358 g/mol. The second-order valence-corrected chi connectivity index (χ2v) is 8.41. The first-order valence-corrected chi connectivity index (χ1v) is 9.53. The van der Waals surface area contributed by atoms with E-state index in [-0.39, 0.29) is 11.3 Å². The number of hydrogen-bond donors (Lipinski definition) is 1. The maximum Gasteiger partial charge on any atom is 0.256 e. The van der Waals surface area contributed by atoms with Crippen molar-refractivity contribution in [1.82, 2.24) is 14.8 Å². The number of anilines is 1. The van der Waals surface area contributed by atoms with Crippen molar-refractivity contribution in [3.05, 3.63) is 45.9 Å². The largest absolute Gasteiger partial charge is 0.398 e. The van der Waals surface area contributed by atoms with Crippen molar-refractivity contribution in [3.8, 4) is 0 Å². The van der Waals surface area contributed by atoms with E-state index in [9.17, 15) is 4.79 Å². The molecule has 0 spiro atoms. The molecular formula is C19H26N4OS. The number of hydrogen-bond acceptors (Lipinski definition) is 5. The Hall–Kier alpha value is -1.92. The molecule has 1 fully saturated rings. The molecule has 5 nitrogen and oxygen atoms in total.